The van der Waals surface area contributed by atoms with Gasteiger partial charge in [-0.15, -0.1) is 0 Å². The van der Waals surface area contributed by atoms with Crippen molar-refractivity contribution in [1.82, 2.24) is 4.98 Å². The molecule has 3 aromatic rings. The summed E-state index contributed by atoms with van der Waals surface area (Å²) in [5, 5.41) is 11.2. The van der Waals surface area contributed by atoms with Crippen molar-refractivity contribution in [3.63, 3.8) is 0 Å². The monoisotopic (exact) mass is 406 g/mol. The number of nitriles is 1. The first-order valence-corrected chi connectivity index (χ1v) is 8.77. The molecule has 0 amide bonds. The number of pyridine rings is 1. The van der Waals surface area contributed by atoms with Gasteiger partial charge in [-0.1, -0.05) is 58.5 Å². The number of hydrogen-bond donors (Lipinski definition) is 0. The number of halogens is 4. The fourth-order valence-electron chi connectivity index (χ4n) is 2.52. The topological polar surface area (TPSA) is 36.7 Å². The third-order valence-electron chi connectivity index (χ3n) is 3.68. The van der Waals surface area contributed by atoms with Crippen molar-refractivity contribution in [1.29, 1.82) is 5.26 Å². The van der Waals surface area contributed by atoms with Gasteiger partial charge in [-0.2, -0.15) is 5.26 Å². The van der Waals surface area contributed by atoms with Crippen LogP contribution in [0, 0.1) is 11.3 Å². The van der Waals surface area contributed by atoms with E-state index in [0.717, 1.165) is 22.3 Å². The molecule has 1 heterocycles. The van der Waals surface area contributed by atoms with Gasteiger partial charge in [0.2, 0.25) is 0 Å². The number of rotatable bonds is 3. The van der Waals surface area contributed by atoms with Crippen LogP contribution < -0.4 is 0 Å². The minimum absolute atomic E-state index is 0.170. The third kappa shape index (κ3) is 3.92. The number of benzene rings is 2. The van der Waals surface area contributed by atoms with Crippen LogP contribution in [0.4, 0.5) is 0 Å². The summed E-state index contributed by atoms with van der Waals surface area (Å²) in [6.45, 7) is 0. The van der Waals surface area contributed by atoms with E-state index in [1.54, 1.807) is 30.5 Å². The Morgan fingerprint density at radius 1 is 0.800 bits per heavy atom. The van der Waals surface area contributed by atoms with E-state index in [9.17, 15) is 0 Å². The van der Waals surface area contributed by atoms with Gasteiger partial charge in [-0.3, -0.25) is 4.98 Å². The maximum absolute atomic E-state index is 9.09. The fraction of sp³-hybridized carbons (Fsp3) is 0.0526. The summed E-state index contributed by atoms with van der Waals surface area (Å²) in [4.78, 5) is 4.44. The second-order valence-electron chi connectivity index (χ2n) is 5.30. The van der Waals surface area contributed by atoms with Crippen molar-refractivity contribution < 1.29 is 0 Å². The molecule has 0 spiro atoms. The van der Waals surface area contributed by atoms with Crippen LogP contribution in [-0.4, -0.2) is 4.98 Å². The first-order valence-electron chi connectivity index (χ1n) is 7.26. The predicted octanol–water partition coefficient (Wildman–Crippen LogP) is 7.10. The number of hydrogen-bond acceptors (Lipinski definition) is 2. The molecule has 0 unspecified atom stereocenters. The lowest BCUT2D eigenvalue weighted by molar-refractivity contribution is 1.12. The Hall–Kier alpha value is -1.76. The van der Waals surface area contributed by atoms with Crippen LogP contribution in [0.25, 0.3) is 22.3 Å². The van der Waals surface area contributed by atoms with Gasteiger partial charge in [0, 0.05) is 48.5 Å². The number of aromatic nitrogens is 1. The lowest BCUT2D eigenvalue weighted by atomic mass is 9.98. The van der Waals surface area contributed by atoms with Crippen LogP contribution in [0.2, 0.25) is 20.1 Å². The second-order valence-corrected chi connectivity index (χ2v) is 6.99. The zero-order valence-corrected chi connectivity index (χ0v) is 15.8. The van der Waals surface area contributed by atoms with Crippen LogP contribution in [0.15, 0.2) is 48.7 Å². The van der Waals surface area contributed by atoms with Crippen molar-refractivity contribution in [3.8, 4) is 28.3 Å². The van der Waals surface area contributed by atoms with E-state index in [2.05, 4.69) is 11.1 Å². The second kappa shape index (κ2) is 7.64. The molecule has 1 aromatic heterocycles. The summed E-state index contributed by atoms with van der Waals surface area (Å²) >= 11 is 24.6. The molecule has 25 heavy (non-hydrogen) atoms. The average Bonchev–Trinajstić information content (AvgIpc) is 2.56. The van der Waals surface area contributed by atoms with Crippen molar-refractivity contribution in [2.45, 2.75) is 6.42 Å². The first-order chi connectivity index (χ1) is 12.0. The Balaban J connectivity index is 2.20. The van der Waals surface area contributed by atoms with E-state index in [1.807, 2.05) is 18.2 Å². The van der Waals surface area contributed by atoms with Crippen molar-refractivity contribution in [2.75, 3.05) is 0 Å². The summed E-state index contributed by atoms with van der Waals surface area (Å²) in [6, 6.07) is 14.6. The maximum Gasteiger partial charge on any atom is 0.0781 e. The van der Waals surface area contributed by atoms with Crippen LogP contribution in [0.5, 0.6) is 0 Å². The maximum atomic E-state index is 9.09. The minimum atomic E-state index is 0.170. The molecule has 124 valence electrons. The first kappa shape index (κ1) is 18.0. The molecule has 2 nitrogen and oxygen atoms in total. The summed E-state index contributed by atoms with van der Waals surface area (Å²) in [5.74, 6) is 0. The lowest BCUT2D eigenvalue weighted by Crippen LogP contribution is -1.95. The normalized spacial score (nSPS) is 10.5. The molecule has 0 aliphatic rings. The quantitative estimate of drug-likeness (QED) is 0.464. The van der Waals surface area contributed by atoms with E-state index in [-0.39, 0.29) is 6.42 Å². The molecular formula is C19H10Cl4N2. The third-order valence-corrected chi connectivity index (χ3v) is 4.78. The Bertz CT molecular complexity index is 993. The Morgan fingerprint density at radius 3 is 1.96 bits per heavy atom. The summed E-state index contributed by atoms with van der Waals surface area (Å²) in [7, 11) is 0. The molecule has 3 rings (SSSR count). The van der Waals surface area contributed by atoms with E-state index in [0.29, 0.717) is 25.8 Å². The molecular weight excluding hydrogens is 398 g/mol. The van der Waals surface area contributed by atoms with Gasteiger partial charge in [0.15, 0.2) is 0 Å². The van der Waals surface area contributed by atoms with Gasteiger partial charge in [0.05, 0.1) is 18.2 Å². The highest BCUT2D eigenvalue weighted by atomic mass is 35.5. The summed E-state index contributed by atoms with van der Waals surface area (Å²) in [6.07, 6.45) is 1.86. The molecule has 0 atom stereocenters. The average molecular weight is 408 g/mol. The van der Waals surface area contributed by atoms with Crippen LogP contribution in [0.1, 0.15) is 5.69 Å². The smallest absolute Gasteiger partial charge is 0.0781 e. The van der Waals surface area contributed by atoms with Crippen LogP contribution in [-0.2, 0) is 6.42 Å². The fourth-order valence-corrected chi connectivity index (χ4v) is 3.55. The van der Waals surface area contributed by atoms with Gasteiger partial charge in [-0.25, -0.2) is 0 Å². The molecule has 0 saturated heterocycles. The van der Waals surface area contributed by atoms with Crippen LogP contribution >= 0.6 is 46.4 Å². The van der Waals surface area contributed by atoms with Gasteiger partial charge >= 0.3 is 0 Å². The highest BCUT2D eigenvalue weighted by molar-refractivity contribution is 6.37. The van der Waals surface area contributed by atoms with Gasteiger partial charge in [-0.05, 0) is 30.3 Å². The Kier molecular flexibility index (Phi) is 5.51. The van der Waals surface area contributed by atoms with Crippen molar-refractivity contribution in [3.05, 3.63) is 74.4 Å². The molecule has 0 aliphatic heterocycles. The van der Waals surface area contributed by atoms with E-state index < -0.39 is 0 Å². The van der Waals surface area contributed by atoms with E-state index >= 15 is 0 Å². The summed E-state index contributed by atoms with van der Waals surface area (Å²) < 4.78 is 0. The lowest BCUT2D eigenvalue weighted by Gasteiger charge is -2.12. The van der Waals surface area contributed by atoms with Gasteiger partial charge in [0.25, 0.3) is 0 Å². The standard InChI is InChI=1S/C19H10Cl4N2/c20-12-1-3-14(17(22)8-12)11-7-16(19(5-6-24)25-10-11)15-4-2-13(21)9-18(15)23/h1-4,7-10H,5H2. The van der Waals surface area contributed by atoms with Crippen molar-refractivity contribution in [2.24, 2.45) is 0 Å². The molecule has 0 aliphatic carbocycles. The summed E-state index contributed by atoms with van der Waals surface area (Å²) in [5.41, 5.74) is 3.78. The minimum Gasteiger partial charge on any atom is -0.259 e. The largest absolute Gasteiger partial charge is 0.259 e. The van der Waals surface area contributed by atoms with Crippen molar-refractivity contribution >= 4 is 46.4 Å². The molecule has 0 radical (unpaired) electrons. The van der Waals surface area contributed by atoms with Crippen LogP contribution in [0.3, 0.4) is 0 Å². The molecule has 0 fully saturated rings. The van der Waals surface area contributed by atoms with E-state index in [1.165, 1.54) is 0 Å². The van der Waals surface area contributed by atoms with Gasteiger partial charge in [0.1, 0.15) is 0 Å². The van der Waals surface area contributed by atoms with Gasteiger partial charge < -0.3 is 0 Å². The number of nitrogens with zero attached hydrogens (tertiary/aromatic N) is 2. The molecule has 0 saturated carbocycles. The highest BCUT2D eigenvalue weighted by Gasteiger charge is 2.14. The molecule has 2 aromatic carbocycles. The Morgan fingerprint density at radius 2 is 1.40 bits per heavy atom. The zero-order chi connectivity index (χ0) is 18.0. The molecule has 0 N–H and O–H groups in total. The predicted molar refractivity (Wildman–Crippen MR) is 104 cm³/mol. The van der Waals surface area contributed by atoms with E-state index in [4.69, 9.17) is 51.7 Å². The molecule has 0 bridgehead atoms. The zero-order valence-electron chi connectivity index (χ0n) is 12.7. The SMILES string of the molecule is N#CCc1ncc(-c2ccc(Cl)cc2Cl)cc1-c1ccc(Cl)cc1Cl. The molecule has 6 heteroatoms. The highest BCUT2D eigenvalue weighted by Crippen LogP contribution is 2.36. The Labute approximate surface area is 165 Å².